The molecule has 0 unspecified atom stereocenters. The normalized spacial score (nSPS) is 14.1. The van der Waals surface area contributed by atoms with Gasteiger partial charge in [-0.3, -0.25) is 0 Å². The van der Waals surface area contributed by atoms with E-state index in [9.17, 15) is 0 Å². The third-order valence-corrected chi connectivity index (χ3v) is 4.79. The number of benzene rings is 1. The molecule has 1 aliphatic rings. The van der Waals surface area contributed by atoms with Crippen LogP contribution in [0.15, 0.2) is 35.7 Å². The summed E-state index contributed by atoms with van der Waals surface area (Å²) >= 11 is 1.89. The molecular formula is C17H18S. The maximum absolute atomic E-state index is 2.29. The molecule has 1 aliphatic carbocycles. The molecule has 0 saturated carbocycles. The summed E-state index contributed by atoms with van der Waals surface area (Å²) in [4.78, 5) is 1.50. The minimum absolute atomic E-state index is 1.12. The first-order chi connectivity index (χ1) is 8.81. The Morgan fingerprint density at radius 2 is 2.00 bits per heavy atom. The van der Waals surface area contributed by atoms with E-state index in [0.717, 1.165) is 6.42 Å². The molecule has 18 heavy (non-hydrogen) atoms. The van der Waals surface area contributed by atoms with Gasteiger partial charge in [0.2, 0.25) is 0 Å². The average Bonchev–Trinajstić information content (AvgIpc) is 2.94. The molecule has 0 bridgehead atoms. The summed E-state index contributed by atoms with van der Waals surface area (Å²) in [6.45, 7) is 4.50. The second kappa shape index (κ2) is 4.74. The Hall–Kier alpha value is -1.34. The van der Waals surface area contributed by atoms with Gasteiger partial charge in [-0.05, 0) is 59.0 Å². The monoisotopic (exact) mass is 254 g/mol. The summed E-state index contributed by atoms with van der Waals surface area (Å²) in [5, 5.41) is 2.21. The summed E-state index contributed by atoms with van der Waals surface area (Å²) in [5.74, 6) is 0. The van der Waals surface area contributed by atoms with E-state index in [2.05, 4.69) is 49.6 Å². The highest BCUT2D eigenvalue weighted by Crippen LogP contribution is 2.42. The van der Waals surface area contributed by atoms with Gasteiger partial charge in [0.25, 0.3) is 0 Å². The van der Waals surface area contributed by atoms with E-state index in [-0.39, 0.29) is 0 Å². The summed E-state index contributed by atoms with van der Waals surface area (Å²) in [5.41, 5.74) is 7.58. The van der Waals surface area contributed by atoms with Gasteiger partial charge in [0.1, 0.15) is 0 Å². The topological polar surface area (TPSA) is 0 Å². The van der Waals surface area contributed by atoms with E-state index in [4.69, 9.17) is 0 Å². The van der Waals surface area contributed by atoms with E-state index in [1.165, 1.54) is 34.4 Å². The minimum atomic E-state index is 1.12. The van der Waals surface area contributed by atoms with Gasteiger partial charge in [0, 0.05) is 4.88 Å². The number of aryl methyl sites for hydroxylation is 1. The van der Waals surface area contributed by atoms with Gasteiger partial charge in [0.05, 0.1) is 0 Å². The zero-order valence-electron chi connectivity index (χ0n) is 11.0. The van der Waals surface area contributed by atoms with Crippen LogP contribution in [0.1, 0.15) is 41.3 Å². The smallest absolute Gasteiger partial charge is 0.0337 e. The predicted octanol–water partition coefficient (Wildman–Crippen LogP) is 5.32. The van der Waals surface area contributed by atoms with Crippen LogP contribution in [0, 0.1) is 6.92 Å². The van der Waals surface area contributed by atoms with Crippen LogP contribution in [0.2, 0.25) is 0 Å². The van der Waals surface area contributed by atoms with Crippen LogP contribution in [-0.4, -0.2) is 0 Å². The van der Waals surface area contributed by atoms with Crippen LogP contribution < -0.4 is 0 Å². The van der Waals surface area contributed by atoms with Crippen molar-refractivity contribution in [1.82, 2.24) is 0 Å². The third kappa shape index (κ3) is 1.83. The molecule has 1 aromatic heterocycles. The largest absolute Gasteiger partial charge is 0.144 e. The van der Waals surface area contributed by atoms with E-state index in [0.29, 0.717) is 0 Å². The highest BCUT2D eigenvalue weighted by molar-refractivity contribution is 7.11. The highest BCUT2D eigenvalue weighted by atomic mass is 32.1. The number of hydrogen-bond acceptors (Lipinski definition) is 1. The van der Waals surface area contributed by atoms with Crippen molar-refractivity contribution >= 4 is 22.5 Å². The molecule has 1 heteroatoms. The molecule has 0 nitrogen and oxygen atoms in total. The molecule has 0 radical (unpaired) electrons. The van der Waals surface area contributed by atoms with Gasteiger partial charge in [0.15, 0.2) is 0 Å². The SMILES string of the molecule is CCCC1=C(c2sccc2C)Cc2ccccc21. The van der Waals surface area contributed by atoms with Gasteiger partial charge in [-0.15, -0.1) is 11.3 Å². The Balaban J connectivity index is 2.13. The number of thiophene rings is 1. The quantitative estimate of drug-likeness (QED) is 0.695. The van der Waals surface area contributed by atoms with Crippen molar-refractivity contribution in [2.75, 3.05) is 0 Å². The number of hydrogen-bond donors (Lipinski definition) is 0. The molecule has 0 spiro atoms. The molecule has 0 fully saturated rings. The van der Waals surface area contributed by atoms with Crippen LogP contribution >= 0.6 is 11.3 Å². The second-order valence-corrected chi connectivity index (χ2v) is 5.89. The standard InChI is InChI=1S/C17H18S/c1-3-6-15-14-8-5-4-7-13(14)11-16(15)17-12(2)9-10-18-17/h4-5,7-10H,3,6,11H2,1-2H3. The fourth-order valence-corrected chi connectivity index (χ4v) is 3.86. The van der Waals surface area contributed by atoms with Gasteiger partial charge >= 0.3 is 0 Å². The molecule has 0 saturated heterocycles. The highest BCUT2D eigenvalue weighted by Gasteiger charge is 2.22. The Labute approximate surface area is 113 Å². The van der Waals surface area contributed by atoms with E-state index in [1.54, 1.807) is 11.1 Å². The maximum atomic E-state index is 2.29. The Morgan fingerprint density at radius 1 is 1.17 bits per heavy atom. The number of rotatable bonds is 3. The maximum Gasteiger partial charge on any atom is 0.0337 e. The lowest BCUT2D eigenvalue weighted by molar-refractivity contribution is 0.976. The molecule has 1 aromatic carbocycles. The molecular weight excluding hydrogens is 236 g/mol. The van der Waals surface area contributed by atoms with Crippen molar-refractivity contribution in [2.24, 2.45) is 0 Å². The second-order valence-electron chi connectivity index (χ2n) is 4.97. The van der Waals surface area contributed by atoms with Crippen LogP contribution in [0.4, 0.5) is 0 Å². The van der Waals surface area contributed by atoms with E-state index < -0.39 is 0 Å². The zero-order valence-corrected chi connectivity index (χ0v) is 11.8. The molecule has 1 heterocycles. The predicted molar refractivity (Wildman–Crippen MR) is 80.9 cm³/mol. The number of fused-ring (bicyclic) bond motifs is 1. The molecule has 92 valence electrons. The molecule has 0 N–H and O–H groups in total. The summed E-state index contributed by atoms with van der Waals surface area (Å²) < 4.78 is 0. The first-order valence-electron chi connectivity index (χ1n) is 6.66. The lowest BCUT2D eigenvalue weighted by Gasteiger charge is -2.07. The average molecular weight is 254 g/mol. The van der Waals surface area contributed by atoms with Gasteiger partial charge in [-0.25, -0.2) is 0 Å². The lowest BCUT2D eigenvalue weighted by Crippen LogP contribution is -1.85. The van der Waals surface area contributed by atoms with E-state index >= 15 is 0 Å². The zero-order chi connectivity index (χ0) is 12.5. The van der Waals surface area contributed by atoms with Crippen LogP contribution in [0.25, 0.3) is 11.1 Å². The Kier molecular flexibility index (Phi) is 3.09. The van der Waals surface area contributed by atoms with Crippen molar-refractivity contribution < 1.29 is 0 Å². The fourth-order valence-electron chi connectivity index (χ4n) is 2.86. The summed E-state index contributed by atoms with van der Waals surface area (Å²) in [6.07, 6.45) is 3.54. The van der Waals surface area contributed by atoms with Crippen molar-refractivity contribution in [2.45, 2.75) is 33.1 Å². The molecule has 3 rings (SSSR count). The Morgan fingerprint density at radius 3 is 2.72 bits per heavy atom. The lowest BCUT2D eigenvalue weighted by atomic mass is 10.00. The van der Waals surface area contributed by atoms with Crippen LogP contribution in [0.3, 0.4) is 0 Å². The summed E-state index contributed by atoms with van der Waals surface area (Å²) in [7, 11) is 0. The van der Waals surface area contributed by atoms with Gasteiger partial charge in [-0.1, -0.05) is 37.6 Å². The summed E-state index contributed by atoms with van der Waals surface area (Å²) in [6, 6.07) is 11.1. The molecule has 0 atom stereocenters. The van der Waals surface area contributed by atoms with E-state index in [1.807, 2.05) is 11.3 Å². The van der Waals surface area contributed by atoms with Crippen molar-refractivity contribution in [3.05, 3.63) is 57.3 Å². The third-order valence-electron chi connectivity index (χ3n) is 3.71. The van der Waals surface area contributed by atoms with Crippen molar-refractivity contribution in [3.8, 4) is 0 Å². The van der Waals surface area contributed by atoms with Crippen molar-refractivity contribution in [3.63, 3.8) is 0 Å². The Bertz CT molecular complexity index is 602. The first-order valence-corrected chi connectivity index (χ1v) is 7.54. The molecule has 0 amide bonds. The molecule has 2 aromatic rings. The van der Waals surface area contributed by atoms with Gasteiger partial charge in [-0.2, -0.15) is 0 Å². The van der Waals surface area contributed by atoms with Crippen LogP contribution in [0.5, 0.6) is 0 Å². The fraction of sp³-hybridized carbons (Fsp3) is 0.294. The van der Waals surface area contributed by atoms with Crippen molar-refractivity contribution in [1.29, 1.82) is 0 Å². The van der Waals surface area contributed by atoms with Crippen LogP contribution in [-0.2, 0) is 6.42 Å². The minimum Gasteiger partial charge on any atom is -0.144 e. The first kappa shape index (κ1) is 11.7. The molecule has 0 aliphatic heterocycles. The number of allylic oxidation sites excluding steroid dienone is 2. The van der Waals surface area contributed by atoms with Gasteiger partial charge < -0.3 is 0 Å².